The van der Waals surface area contributed by atoms with Crippen LogP contribution in [0, 0.1) is 0 Å². The fourth-order valence-electron chi connectivity index (χ4n) is 2.63. The van der Waals surface area contributed by atoms with Gasteiger partial charge in [0.05, 0.1) is 43.9 Å². The van der Waals surface area contributed by atoms with Crippen molar-refractivity contribution in [1.82, 2.24) is 10.2 Å². The number of amides is 1. The van der Waals surface area contributed by atoms with Gasteiger partial charge < -0.3 is 23.9 Å². The molecule has 0 radical (unpaired) electrons. The molecule has 0 aliphatic carbocycles. The molecule has 0 saturated heterocycles. The van der Waals surface area contributed by atoms with Gasteiger partial charge in [0.15, 0.2) is 0 Å². The van der Waals surface area contributed by atoms with Crippen molar-refractivity contribution in [3.63, 3.8) is 0 Å². The van der Waals surface area contributed by atoms with Gasteiger partial charge in [0.25, 0.3) is 5.22 Å². The first kappa shape index (κ1) is 22.8. The molecule has 166 valence electrons. The number of rotatable bonds is 8. The molecule has 3 rings (SSSR count). The quantitative estimate of drug-likeness (QED) is 0.398. The summed E-state index contributed by atoms with van der Waals surface area (Å²) in [6.45, 7) is 0. The number of aromatic nitrogens is 2. The smallest absolute Gasteiger partial charge is 0.339 e. The molecule has 2 aromatic carbocycles. The molecule has 0 unspecified atom stereocenters. The summed E-state index contributed by atoms with van der Waals surface area (Å²) in [7, 11) is 4.00. The summed E-state index contributed by atoms with van der Waals surface area (Å²) in [6, 6.07) is 11.2. The number of thioether (sulfide) groups is 1. The first-order valence-electron chi connectivity index (χ1n) is 9.16. The van der Waals surface area contributed by atoms with Gasteiger partial charge >= 0.3 is 11.9 Å². The molecule has 1 N–H and O–H groups in total. The molecule has 32 heavy (non-hydrogen) atoms. The van der Waals surface area contributed by atoms with E-state index in [9.17, 15) is 14.4 Å². The Morgan fingerprint density at radius 2 is 1.78 bits per heavy atom. The summed E-state index contributed by atoms with van der Waals surface area (Å²) in [5.74, 6) is -0.881. The molecule has 3 aromatic rings. The summed E-state index contributed by atoms with van der Waals surface area (Å²) in [4.78, 5) is 36.2. The second-order valence-electron chi connectivity index (χ2n) is 6.19. The monoisotopic (exact) mass is 457 g/mol. The lowest BCUT2D eigenvalue weighted by atomic mass is 10.1. The van der Waals surface area contributed by atoms with E-state index in [1.807, 2.05) is 0 Å². The van der Waals surface area contributed by atoms with Gasteiger partial charge in [-0.15, -0.1) is 10.2 Å². The van der Waals surface area contributed by atoms with E-state index >= 15 is 0 Å². The molecular formula is C21H19N3O7S. The normalized spacial score (nSPS) is 10.3. The van der Waals surface area contributed by atoms with Crippen LogP contribution in [-0.2, 0) is 14.3 Å². The van der Waals surface area contributed by atoms with Crippen LogP contribution in [0.2, 0.25) is 0 Å². The molecule has 11 heteroatoms. The number of benzene rings is 2. The number of anilines is 1. The van der Waals surface area contributed by atoms with Crippen LogP contribution in [0.1, 0.15) is 20.7 Å². The van der Waals surface area contributed by atoms with Crippen molar-refractivity contribution >= 4 is 35.3 Å². The molecule has 0 bridgehead atoms. The molecule has 1 amide bonds. The minimum atomic E-state index is -0.663. The van der Waals surface area contributed by atoms with E-state index < -0.39 is 17.8 Å². The van der Waals surface area contributed by atoms with Gasteiger partial charge in [-0.1, -0.05) is 17.8 Å². The molecular weight excluding hydrogens is 438 g/mol. The highest BCUT2D eigenvalue weighted by atomic mass is 32.2. The van der Waals surface area contributed by atoms with E-state index in [1.165, 1.54) is 32.4 Å². The van der Waals surface area contributed by atoms with Crippen LogP contribution in [0.15, 0.2) is 52.1 Å². The van der Waals surface area contributed by atoms with E-state index in [4.69, 9.17) is 13.9 Å². The van der Waals surface area contributed by atoms with Crippen LogP contribution >= 0.6 is 11.8 Å². The number of esters is 2. The zero-order valence-electron chi connectivity index (χ0n) is 17.4. The Balaban J connectivity index is 1.69. The second kappa shape index (κ2) is 10.4. The van der Waals surface area contributed by atoms with E-state index in [0.717, 1.165) is 11.8 Å². The average Bonchev–Trinajstić information content (AvgIpc) is 3.31. The Labute approximate surface area is 187 Å². The molecule has 0 aliphatic rings. The third-order valence-electron chi connectivity index (χ3n) is 4.17. The lowest BCUT2D eigenvalue weighted by molar-refractivity contribution is -0.113. The number of methoxy groups -OCH3 is 3. The van der Waals surface area contributed by atoms with Crippen LogP contribution < -0.4 is 10.1 Å². The van der Waals surface area contributed by atoms with Gasteiger partial charge in [0, 0.05) is 5.56 Å². The maximum Gasteiger partial charge on any atom is 0.339 e. The van der Waals surface area contributed by atoms with Crippen molar-refractivity contribution in [2.45, 2.75) is 5.22 Å². The fraction of sp³-hybridized carbons (Fsp3) is 0.190. The number of carbonyl (C=O) groups is 3. The maximum atomic E-state index is 12.5. The highest BCUT2D eigenvalue weighted by molar-refractivity contribution is 7.99. The summed E-state index contributed by atoms with van der Waals surface area (Å²) in [6.07, 6.45) is 0. The Morgan fingerprint density at radius 3 is 2.50 bits per heavy atom. The lowest BCUT2D eigenvalue weighted by Crippen LogP contribution is -2.18. The van der Waals surface area contributed by atoms with E-state index in [0.29, 0.717) is 11.3 Å². The van der Waals surface area contributed by atoms with Gasteiger partial charge in [0.1, 0.15) is 5.75 Å². The van der Waals surface area contributed by atoms with Gasteiger partial charge in [-0.2, -0.15) is 0 Å². The molecule has 0 aliphatic heterocycles. The van der Waals surface area contributed by atoms with Crippen molar-refractivity contribution in [2.24, 2.45) is 0 Å². The molecule has 1 heterocycles. The largest absolute Gasteiger partial charge is 0.497 e. The molecule has 0 spiro atoms. The van der Waals surface area contributed by atoms with Crippen molar-refractivity contribution in [1.29, 1.82) is 0 Å². The van der Waals surface area contributed by atoms with E-state index in [1.54, 1.807) is 31.4 Å². The van der Waals surface area contributed by atoms with Crippen LogP contribution in [0.5, 0.6) is 5.75 Å². The van der Waals surface area contributed by atoms with Crippen LogP contribution in [-0.4, -0.2) is 55.1 Å². The Kier molecular flexibility index (Phi) is 7.45. The molecule has 0 saturated carbocycles. The third kappa shape index (κ3) is 5.43. The number of hydrogen-bond acceptors (Lipinski definition) is 10. The predicted octanol–water partition coefficient (Wildman–Crippen LogP) is 3.05. The molecule has 10 nitrogen and oxygen atoms in total. The molecule has 0 atom stereocenters. The third-order valence-corrected chi connectivity index (χ3v) is 4.99. The minimum absolute atomic E-state index is 0.0805. The summed E-state index contributed by atoms with van der Waals surface area (Å²) in [5.41, 5.74) is 1.06. The number of carbonyl (C=O) groups excluding carboxylic acids is 3. The molecule has 0 fully saturated rings. The standard InChI is InChI=1S/C21H19N3O7S/c1-28-14-6-4-5-12(9-14)18-23-24-21(31-18)32-11-17(25)22-16-10-13(19(26)29-2)7-8-15(16)20(27)30-3/h4-10H,11H2,1-3H3,(H,22,25). The number of hydrogen-bond donors (Lipinski definition) is 1. The van der Waals surface area contributed by atoms with Crippen LogP contribution in [0.4, 0.5) is 5.69 Å². The fourth-order valence-corrected chi connectivity index (χ4v) is 3.20. The highest BCUT2D eigenvalue weighted by Gasteiger charge is 2.18. The Bertz CT molecular complexity index is 1150. The van der Waals surface area contributed by atoms with Gasteiger partial charge in [-0.25, -0.2) is 9.59 Å². The van der Waals surface area contributed by atoms with Crippen molar-refractivity contribution in [3.8, 4) is 17.2 Å². The van der Waals surface area contributed by atoms with Crippen molar-refractivity contribution < 1.29 is 33.0 Å². The number of ether oxygens (including phenoxy) is 3. The first-order chi connectivity index (χ1) is 15.4. The Hall–Kier alpha value is -3.86. The zero-order chi connectivity index (χ0) is 23.1. The van der Waals surface area contributed by atoms with Crippen LogP contribution in [0.3, 0.4) is 0 Å². The van der Waals surface area contributed by atoms with Crippen LogP contribution in [0.25, 0.3) is 11.5 Å². The Morgan fingerprint density at radius 1 is 1.00 bits per heavy atom. The topological polar surface area (TPSA) is 130 Å². The SMILES string of the molecule is COC(=O)c1ccc(C(=O)OC)c(NC(=O)CSc2nnc(-c3cccc(OC)c3)o2)c1. The van der Waals surface area contributed by atoms with E-state index in [2.05, 4.69) is 20.3 Å². The maximum absolute atomic E-state index is 12.5. The van der Waals surface area contributed by atoms with Gasteiger partial charge in [-0.3, -0.25) is 4.79 Å². The number of nitrogens with zero attached hydrogens (tertiary/aromatic N) is 2. The highest BCUT2D eigenvalue weighted by Crippen LogP contribution is 2.26. The number of nitrogens with one attached hydrogen (secondary N) is 1. The summed E-state index contributed by atoms with van der Waals surface area (Å²) >= 11 is 1.02. The zero-order valence-corrected chi connectivity index (χ0v) is 18.2. The molecule has 1 aromatic heterocycles. The average molecular weight is 457 g/mol. The van der Waals surface area contributed by atoms with Crippen molar-refractivity contribution in [2.75, 3.05) is 32.4 Å². The van der Waals surface area contributed by atoms with E-state index in [-0.39, 0.29) is 33.7 Å². The second-order valence-corrected chi connectivity index (χ2v) is 7.11. The summed E-state index contributed by atoms with van der Waals surface area (Å²) < 4.78 is 20.2. The summed E-state index contributed by atoms with van der Waals surface area (Å²) in [5, 5.41) is 10.7. The van der Waals surface area contributed by atoms with Crippen molar-refractivity contribution in [3.05, 3.63) is 53.6 Å². The first-order valence-corrected chi connectivity index (χ1v) is 10.1. The predicted molar refractivity (Wildman–Crippen MR) is 115 cm³/mol. The van der Waals surface area contributed by atoms with Gasteiger partial charge in [0.2, 0.25) is 11.8 Å². The van der Waals surface area contributed by atoms with Gasteiger partial charge in [-0.05, 0) is 36.4 Å². The lowest BCUT2D eigenvalue weighted by Gasteiger charge is -2.11. The minimum Gasteiger partial charge on any atom is -0.497 e.